The maximum atomic E-state index is 2.36. The van der Waals surface area contributed by atoms with E-state index >= 15 is 0 Å². The quantitative estimate of drug-likeness (QED) is 0.217. The number of hydrogen-bond donors (Lipinski definition) is 0. The molecule has 0 bridgehead atoms. The third kappa shape index (κ3) is 4.11. The van der Waals surface area contributed by atoms with Gasteiger partial charge in [0.25, 0.3) is 0 Å². The van der Waals surface area contributed by atoms with E-state index in [1.54, 1.807) is 0 Å². The average molecular weight is 522 g/mol. The Kier molecular flexibility index (Phi) is 5.53. The van der Waals surface area contributed by atoms with Crippen LogP contribution in [0.5, 0.6) is 0 Å². The maximum Gasteiger partial charge on any atom is 0.0541 e. The molecule has 0 spiro atoms. The number of nitrogens with zero attached hydrogens (tertiary/aromatic N) is 1. The number of hydrogen-bond acceptors (Lipinski definition) is 0. The average Bonchev–Trinajstić information content (AvgIpc) is 3.39. The molecule has 0 unspecified atom stereocenters. The molecule has 41 heavy (non-hydrogen) atoms. The summed E-state index contributed by atoms with van der Waals surface area (Å²) in [6.07, 6.45) is 0. The lowest BCUT2D eigenvalue weighted by Gasteiger charge is -2.09. The highest BCUT2D eigenvalue weighted by Gasteiger charge is 2.13. The standard InChI is InChI=1S/C40H27N/c1-2-10-36(11-3-1)41-39-13-7-6-12-37(39)38-27-35(24-25-40(38)41)32-20-16-30(17-21-32)29-14-18-31(19-15-29)34-23-22-28-8-4-5-9-33(28)26-34/h1-27H. The van der Waals surface area contributed by atoms with E-state index in [0.29, 0.717) is 0 Å². The van der Waals surface area contributed by atoms with Crippen molar-refractivity contribution in [2.75, 3.05) is 0 Å². The molecule has 0 aliphatic carbocycles. The molecule has 8 aromatic rings. The molecule has 0 radical (unpaired) electrons. The van der Waals surface area contributed by atoms with E-state index in [4.69, 9.17) is 0 Å². The van der Waals surface area contributed by atoms with Gasteiger partial charge in [0.05, 0.1) is 11.0 Å². The monoisotopic (exact) mass is 521 g/mol. The first-order valence-electron chi connectivity index (χ1n) is 14.1. The fourth-order valence-electron chi connectivity index (χ4n) is 6.09. The van der Waals surface area contributed by atoms with Crippen LogP contribution in [-0.2, 0) is 0 Å². The van der Waals surface area contributed by atoms with E-state index in [0.717, 1.165) is 0 Å². The summed E-state index contributed by atoms with van der Waals surface area (Å²) >= 11 is 0. The highest BCUT2D eigenvalue weighted by molar-refractivity contribution is 6.10. The Hall–Kier alpha value is -5.40. The van der Waals surface area contributed by atoms with Crippen LogP contribution in [0.15, 0.2) is 164 Å². The Morgan fingerprint density at radius 1 is 0.293 bits per heavy atom. The molecule has 0 aliphatic rings. The third-order valence-electron chi connectivity index (χ3n) is 8.21. The summed E-state index contributed by atoms with van der Waals surface area (Å²) in [7, 11) is 0. The van der Waals surface area contributed by atoms with Gasteiger partial charge >= 0.3 is 0 Å². The first kappa shape index (κ1) is 23.5. The van der Waals surface area contributed by atoms with E-state index in [1.165, 1.54) is 71.6 Å². The van der Waals surface area contributed by atoms with Crippen molar-refractivity contribution in [2.24, 2.45) is 0 Å². The van der Waals surface area contributed by atoms with Gasteiger partial charge in [0.15, 0.2) is 0 Å². The zero-order valence-electron chi connectivity index (χ0n) is 22.5. The molecule has 0 N–H and O–H groups in total. The molecule has 1 heteroatoms. The molecule has 0 fully saturated rings. The predicted molar refractivity (Wildman–Crippen MR) is 175 cm³/mol. The van der Waals surface area contributed by atoms with Gasteiger partial charge in [-0.25, -0.2) is 0 Å². The van der Waals surface area contributed by atoms with E-state index in [2.05, 4.69) is 168 Å². The van der Waals surface area contributed by atoms with Crippen molar-refractivity contribution in [1.82, 2.24) is 4.57 Å². The molecule has 0 aliphatic heterocycles. The zero-order valence-corrected chi connectivity index (χ0v) is 22.5. The number of para-hydroxylation sites is 2. The van der Waals surface area contributed by atoms with Crippen LogP contribution in [-0.4, -0.2) is 4.57 Å². The van der Waals surface area contributed by atoms with Gasteiger partial charge in [-0.1, -0.05) is 127 Å². The first-order chi connectivity index (χ1) is 20.3. The Morgan fingerprint density at radius 3 is 1.49 bits per heavy atom. The van der Waals surface area contributed by atoms with Gasteiger partial charge in [0.1, 0.15) is 0 Å². The molecule has 192 valence electrons. The van der Waals surface area contributed by atoms with Crippen LogP contribution in [0.1, 0.15) is 0 Å². The predicted octanol–water partition coefficient (Wildman–Crippen LogP) is 10.9. The smallest absolute Gasteiger partial charge is 0.0541 e. The first-order valence-corrected chi connectivity index (χ1v) is 14.1. The van der Waals surface area contributed by atoms with Crippen molar-refractivity contribution < 1.29 is 0 Å². The molecule has 1 aromatic heterocycles. The van der Waals surface area contributed by atoms with Crippen molar-refractivity contribution in [2.45, 2.75) is 0 Å². The lowest BCUT2D eigenvalue weighted by molar-refractivity contribution is 1.18. The second-order valence-electron chi connectivity index (χ2n) is 10.6. The van der Waals surface area contributed by atoms with E-state index in [1.807, 2.05) is 0 Å². The van der Waals surface area contributed by atoms with Crippen LogP contribution >= 0.6 is 0 Å². The van der Waals surface area contributed by atoms with Crippen LogP contribution in [0.3, 0.4) is 0 Å². The van der Waals surface area contributed by atoms with Gasteiger partial charge in [-0.3, -0.25) is 0 Å². The second-order valence-corrected chi connectivity index (χ2v) is 10.6. The van der Waals surface area contributed by atoms with Crippen molar-refractivity contribution in [3.63, 3.8) is 0 Å². The second kappa shape index (κ2) is 9.66. The Balaban J connectivity index is 1.12. The Morgan fingerprint density at radius 2 is 0.780 bits per heavy atom. The molecule has 0 atom stereocenters. The van der Waals surface area contributed by atoms with Crippen LogP contribution in [0.4, 0.5) is 0 Å². The molecule has 0 saturated heterocycles. The molecular weight excluding hydrogens is 494 g/mol. The lowest BCUT2D eigenvalue weighted by Crippen LogP contribution is -1.92. The van der Waals surface area contributed by atoms with Crippen LogP contribution in [0, 0.1) is 0 Å². The number of fused-ring (bicyclic) bond motifs is 4. The number of aromatic nitrogens is 1. The largest absolute Gasteiger partial charge is 0.309 e. The van der Waals surface area contributed by atoms with Gasteiger partial charge in [0, 0.05) is 16.5 Å². The maximum absolute atomic E-state index is 2.36. The third-order valence-corrected chi connectivity index (χ3v) is 8.21. The Bertz CT molecular complexity index is 2170. The zero-order chi connectivity index (χ0) is 27.2. The van der Waals surface area contributed by atoms with Crippen LogP contribution in [0.2, 0.25) is 0 Å². The number of benzene rings is 7. The summed E-state index contributed by atoms with van der Waals surface area (Å²) < 4.78 is 2.36. The summed E-state index contributed by atoms with van der Waals surface area (Å²) in [5, 5.41) is 5.09. The molecule has 8 rings (SSSR count). The normalized spacial score (nSPS) is 11.4. The molecule has 1 heterocycles. The minimum atomic E-state index is 1.18. The van der Waals surface area contributed by atoms with E-state index in [9.17, 15) is 0 Å². The summed E-state index contributed by atoms with van der Waals surface area (Å²) in [6.45, 7) is 0. The van der Waals surface area contributed by atoms with Crippen LogP contribution < -0.4 is 0 Å². The lowest BCUT2D eigenvalue weighted by atomic mass is 9.96. The molecule has 0 saturated carbocycles. The van der Waals surface area contributed by atoms with Crippen molar-refractivity contribution in [3.8, 4) is 39.1 Å². The van der Waals surface area contributed by atoms with Crippen molar-refractivity contribution >= 4 is 32.6 Å². The molecule has 0 amide bonds. The summed E-state index contributed by atoms with van der Waals surface area (Å²) in [5.41, 5.74) is 11.0. The summed E-state index contributed by atoms with van der Waals surface area (Å²) in [6, 6.07) is 59.2. The SMILES string of the molecule is c1ccc(-n2c3ccccc3c3cc(-c4ccc(-c5ccc(-c6ccc7ccccc7c6)cc5)cc4)ccc32)cc1. The molecule has 1 nitrogen and oxygen atoms in total. The van der Waals surface area contributed by atoms with Crippen LogP contribution in [0.25, 0.3) is 71.6 Å². The fourth-order valence-corrected chi connectivity index (χ4v) is 6.09. The number of rotatable bonds is 4. The van der Waals surface area contributed by atoms with Gasteiger partial charge in [0.2, 0.25) is 0 Å². The highest BCUT2D eigenvalue weighted by atomic mass is 15.0. The summed E-state index contributed by atoms with van der Waals surface area (Å²) in [4.78, 5) is 0. The van der Waals surface area contributed by atoms with Crippen molar-refractivity contribution in [1.29, 1.82) is 0 Å². The van der Waals surface area contributed by atoms with Gasteiger partial charge < -0.3 is 4.57 Å². The van der Waals surface area contributed by atoms with Gasteiger partial charge in [-0.05, 0) is 80.6 Å². The highest BCUT2D eigenvalue weighted by Crippen LogP contribution is 2.35. The minimum Gasteiger partial charge on any atom is -0.309 e. The Labute approximate surface area is 239 Å². The van der Waals surface area contributed by atoms with E-state index in [-0.39, 0.29) is 0 Å². The van der Waals surface area contributed by atoms with E-state index < -0.39 is 0 Å². The molecular formula is C40H27N. The van der Waals surface area contributed by atoms with Gasteiger partial charge in [-0.15, -0.1) is 0 Å². The molecule has 7 aromatic carbocycles. The topological polar surface area (TPSA) is 4.93 Å². The van der Waals surface area contributed by atoms with Gasteiger partial charge in [-0.2, -0.15) is 0 Å². The summed E-state index contributed by atoms with van der Waals surface area (Å²) in [5.74, 6) is 0. The van der Waals surface area contributed by atoms with Crippen molar-refractivity contribution in [3.05, 3.63) is 164 Å². The minimum absolute atomic E-state index is 1.18. The fraction of sp³-hybridized carbons (Fsp3) is 0.